The molecule has 6 heteroatoms. The van der Waals surface area contributed by atoms with Crippen molar-refractivity contribution in [3.8, 4) is 0 Å². The number of nitrogens with one attached hydrogen (secondary N) is 2. The maximum absolute atomic E-state index is 12.5. The van der Waals surface area contributed by atoms with E-state index in [4.69, 9.17) is 0 Å². The Morgan fingerprint density at radius 1 is 1.14 bits per heavy atom. The Balaban J connectivity index is 0.00000121. The number of nitrogens with zero attached hydrogens (tertiary/aromatic N) is 1. The van der Waals surface area contributed by atoms with Gasteiger partial charge in [0.1, 0.15) is 0 Å². The van der Waals surface area contributed by atoms with Crippen LogP contribution in [-0.2, 0) is 4.79 Å². The van der Waals surface area contributed by atoms with Crippen molar-refractivity contribution in [2.24, 2.45) is 5.92 Å². The number of amides is 1. The molecule has 2 aliphatic heterocycles. The zero-order chi connectivity index (χ0) is 14.1. The van der Waals surface area contributed by atoms with Crippen LogP contribution < -0.4 is 10.6 Å². The van der Waals surface area contributed by atoms with Crippen LogP contribution in [0.2, 0.25) is 0 Å². The third-order valence-electron chi connectivity index (χ3n) is 5.73. The van der Waals surface area contributed by atoms with Crippen molar-refractivity contribution >= 4 is 30.7 Å². The van der Waals surface area contributed by atoms with Gasteiger partial charge in [-0.05, 0) is 52.0 Å². The number of piperidine rings is 1. The van der Waals surface area contributed by atoms with E-state index in [1.807, 2.05) is 0 Å². The minimum Gasteiger partial charge on any atom is -0.352 e. The fourth-order valence-corrected chi connectivity index (χ4v) is 4.24. The molecule has 0 aromatic rings. The van der Waals surface area contributed by atoms with Crippen molar-refractivity contribution in [3.63, 3.8) is 0 Å². The van der Waals surface area contributed by atoms with E-state index in [0.717, 1.165) is 31.7 Å². The number of hydrogen-bond acceptors (Lipinski definition) is 3. The summed E-state index contributed by atoms with van der Waals surface area (Å²) in [6.45, 7) is 3.34. The van der Waals surface area contributed by atoms with Gasteiger partial charge in [-0.25, -0.2) is 0 Å². The highest BCUT2D eigenvalue weighted by atomic mass is 35.5. The highest BCUT2D eigenvalue weighted by Crippen LogP contribution is 2.33. The van der Waals surface area contributed by atoms with Gasteiger partial charge in [0.15, 0.2) is 0 Å². The number of likely N-dealkylation sites (tertiary alicyclic amines) is 1. The van der Waals surface area contributed by atoms with Crippen LogP contribution in [0.4, 0.5) is 0 Å². The van der Waals surface area contributed by atoms with E-state index >= 15 is 0 Å². The van der Waals surface area contributed by atoms with Crippen molar-refractivity contribution < 1.29 is 4.79 Å². The molecule has 2 N–H and O–H groups in total. The number of carbonyl (C=O) groups is 1. The average Bonchev–Trinajstić information content (AvgIpc) is 2.87. The van der Waals surface area contributed by atoms with E-state index in [1.54, 1.807) is 0 Å². The van der Waals surface area contributed by atoms with Crippen molar-refractivity contribution in [2.75, 3.05) is 13.6 Å². The summed E-state index contributed by atoms with van der Waals surface area (Å²) < 4.78 is 0. The molecule has 0 radical (unpaired) electrons. The van der Waals surface area contributed by atoms with E-state index in [0.29, 0.717) is 18.1 Å². The monoisotopic (exact) mass is 351 g/mol. The second-order valence-electron chi connectivity index (χ2n) is 7.17. The van der Waals surface area contributed by atoms with E-state index in [9.17, 15) is 4.79 Å². The molecule has 5 unspecified atom stereocenters. The number of halogens is 2. The molecular formula is C16H31Cl2N3O. The van der Waals surface area contributed by atoms with Crippen LogP contribution in [0, 0.1) is 5.92 Å². The lowest BCUT2D eigenvalue weighted by molar-refractivity contribution is -0.124. The third-order valence-corrected chi connectivity index (χ3v) is 5.73. The normalized spacial score (nSPS) is 38.4. The van der Waals surface area contributed by atoms with Crippen molar-refractivity contribution in [1.29, 1.82) is 0 Å². The second kappa shape index (κ2) is 8.72. The van der Waals surface area contributed by atoms with Gasteiger partial charge in [-0.2, -0.15) is 0 Å². The number of carbonyl (C=O) groups excluding carboxylic acids is 1. The number of fused-ring (bicyclic) bond motifs is 1. The zero-order valence-corrected chi connectivity index (χ0v) is 15.3. The largest absolute Gasteiger partial charge is 0.352 e. The fraction of sp³-hybridized carbons (Fsp3) is 0.938. The molecule has 0 aromatic heterocycles. The quantitative estimate of drug-likeness (QED) is 0.802. The van der Waals surface area contributed by atoms with Gasteiger partial charge in [0.25, 0.3) is 0 Å². The van der Waals surface area contributed by atoms with Crippen LogP contribution in [0.1, 0.15) is 51.9 Å². The molecule has 0 bridgehead atoms. The standard InChI is InChI=1S/C16H29N3O.2ClH/c1-11-9-13(7-8-19(11)2)17-16(20)15-10-12-5-3-4-6-14(12)18-15;;/h11-15,18H,3-10H2,1-2H3,(H,17,20);2*1H. The van der Waals surface area contributed by atoms with Gasteiger partial charge in [0.05, 0.1) is 6.04 Å². The molecule has 130 valence electrons. The van der Waals surface area contributed by atoms with Crippen LogP contribution in [0.15, 0.2) is 0 Å². The van der Waals surface area contributed by atoms with Crippen molar-refractivity contribution in [2.45, 2.75) is 76.0 Å². The first-order chi connectivity index (χ1) is 9.63. The first kappa shape index (κ1) is 20.0. The van der Waals surface area contributed by atoms with Crippen molar-refractivity contribution in [1.82, 2.24) is 15.5 Å². The predicted molar refractivity (Wildman–Crippen MR) is 95.0 cm³/mol. The molecule has 0 spiro atoms. The Labute approximate surface area is 147 Å². The van der Waals surface area contributed by atoms with Gasteiger partial charge >= 0.3 is 0 Å². The van der Waals surface area contributed by atoms with E-state index in [2.05, 4.69) is 29.5 Å². The lowest BCUT2D eigenvalue weighted by Gasteiger charge is -2.35. The maximum Gasteiger partial charge on any atom is 0.237 e. The van der Waals surface area contributed by atoms with Crippen LogP contribution in [-0.4, -0.2) is 48.6 Å². The molecule has 4 nitrogen and oxygen atoms in total. The molecule has 3 aliphatic rings. The second-order valence-corrected chi connectivity index (χ2v) is 7.17. The minimum atomic E-state index is 0. The molecule has 22 heavy (non-hydrogen) atoms. The summed E-state index contributed by atoms with van der Waals surface area (Å²) in [5, 5.41) is 6.87. The first-order valence-electron chi connectivity index (χ1n) is 8.40. The summed E-state index contributed by atoms with van der Waals surface area (Å²) in [6, 6.07) is 1.63. The van der Waals surface area contributed by atoms with Crippen LogP contribution in [0.5, 0.6) is 0 Å². The van der Waals surface area contributed by atoms with Gasteiger partial charge in [-0.3, -0.25) is 4.79 Å². The van der Waals surface area contributed by atoms with Crippen LogP contribution in [0.25, 0.3) is 0 Å². The summed E-state index contributed by atoms with van der Waals surface area (Å²) >= 11 is 0. The summed E-state index contributed by atoms with van der Waals surface area (Å²) in [5.41, 5.74) is 0. The van der Waals surface area contributed by atoms with Crippen molar-refractivity contribution in [3.05, 3.63) is 0 Å². The highest BCUT2D eigenvalue weighted by molar-refractivity contribution is 5.85. The van der Waals surface area contributed by atoms with Crippen LogP contribution >= 0.6 is 24.8 Å². The summed E-state index contributed by atoms with van der Waals surface area (Å²) in [6.07, 6.45) is 8.48. The Hall–Kier alpha value is -0.0300. The summed E-state index contributed by atoms with van der Waals surface area (Å²) in [7, 11) is 2.17. The predicted octanol–water partition coefficient (Wildman–Crippen LogP) is 2.35. The average molecular weight is 352 g/mol. The SMILES string of the molecule is CC1CC(NC(=O)C2CC3CCCCC3N2)CCN1C.Cl.Cl. The number of hydrogen-bond donors (Lipinski definition) is 2. The minimum absolute atomic E-state index is 0. The topological polar surface area (TPSA) is 44.4 Å². The van der Waals surface area contributed by atoms with E-state index < -0.39 is 0 Å². The molecule has 5 atom stereocenters. The molecule has 0 aromatic carbocycles. The molecule has 2 heterocycles. The van der Waals surface area contributed by atoms with Gasteiger partial charge in [0.2, 0.25) is 5.91 Å². The van der Waals surface area contributed by atoms with Gasteiger partial charge < -0.3 is 15.5 Å². The van der Waals surface area contributed by atoms with Gasteiger partial charge in [-0.15, -0.1) is 24.8 Å². The lowest BCUT2D eigenvalue weighted by atomic mass is 9.85. The van der Waals surface area contributed by atoms with Gasteiger partial charge in [-0.1, -0.05) is 12.8 Å². The Kier molecular flexibility index (Phi) is 7.93. The molecule has 3 fully saturated rings. The first-order valence-corrected chi connectivity index (χ1v) is 8.40. The number of rotatable bonds is 2. The summed E-state index contributed by atoms with van der Waals surface area (Å²) in [4.78, 5) is 14.8. The Morgan fingerprint density at radius 2 is 1.86 bits per heavy atom. The van der Waals surface area contributed by atoms with Gasteiger partial charge in [0, 0.05) is 24.7 Å². The molecule has 1 saturated carbocycles. The molecular weight excluding hydrogens is 321 g/mol. The summed E-state index contributed by atoms with van der Waals surface area (Å²) in [5.74, 6) is 0.997. The Morgan fingerprint density at radius 3 is 2.55 bits per heavy atom. The maximum atomic E-state index is 12.5. The van der Waals surface area contributed by atoms with Crippen LogP contribution in [0.3, 0.4) is 0 Å². The fourth-order valence-electron chi connectivity index (χ4n) is 4.24. The van der Waals surface area contributed by atoms with E-state index in [1.165, 1.54) is 25.7 Å². The molecule has 1 aliphatic carbocycles. The third kappa shape index (κ3) is 4.50. The lowest BCUT2D eigenvalue weighted by Crippen LogP contribution is -2.51. The highest BCUT2D eigenvalue weighted by Gasteiger charge is 2.38. The smallest absolute Gasteiger partial charge is 0.237 e. The molecule has 3 rings (SSSR count). The van der Waals surface area contributed by atoms with E-state index in [-0.39, 0.29) is 36.8 Å². The zero-order valence-electron chi connectivity index (χ0n) is 13.7. The molecule has 1 amide bonds. The molecule has 2 saturated heterocycles. The Bertz CT molecular complexity index is 355.